The molecule has 0 spiro atoms. The number of hydrogen-bond acceptors (Lipinski definition) is 7. The molecule has 21 heavy (non-hydrogen) atoms. The highest BCUT2D eigenvalue weighted by molar-refractivity contribution is 6.32. The summed E-state index contributed by atoms with van der Waals surface area (Å²) in [6.45, 7) is 0. The number of aromatic nitrogens is 2. The molecule has 0 saturated heterocycles. The van der Waals surface area contributed by atoms with Crippen LogP contribution < -0.4 is 0 Å². The molecule has 0 bridgehead atoms. The van der Waals surface area contributed by atoms with Crippen molar-refractivity contribution in [1.82, 2.24) is 9.97 Å². The Hall–Kier alpha value is -2.78. The molecule has 0 radical (unpaired) electrons. The van der Waals surface area contributed by atoms with Gasteiger partial charge in [0, 0.05) is 31.9 Å². The van der Waals surface area contributed by atoms with Gasteiger partial charge in [0.1, 0.15) is 0 Å². The van der Waals surface area contributed by atoms with E-state index in [0.29, 0.717) is 11.1 Å². The SMILES string of the molecule is COB(O)O.N#Cc1ccncc1.N#Cc1ccncc1. The molecule has 0 aliphatic carbocycles. The molecule has 0 aliphatic heterocycles. The van der Waals surface area contributed by atoms with Crippen LogP contribution in [0.4, 0.5) is 0 Å². The smallest absolute Gasteiger partial charge is 0.402 e. The van der Waals surface area contributed by atoms with Crippen LogP contribution >= 0.6 is 0 Å². The van der Waals surface area contributed by atoms with E-state index >= 15 is 0 Å². The van der Waals surface area contributed by atoms with Crippen molar-refractivity contribution < 1.29 is 14.7 Å². The molecular formula is C13H13BN4O3. The van der Waals surface area contributed by atoms with Crippen molar-refractivity contribution in [1.29, 1.82) is 10.5 Å². The summed E-state index contributed by atoms with van der Waals surface area (Å²) in [5.74, 6) is 0. The first kappa shape index (κ1) is 18.2. The third-order valence-corrected chi connectivity index (χ3v) is 1.83. The average Bonchev–Trinajstić information content (AvgIpc) is 2.57. The van der Waals surface area contributed by atoms with E-state index in [1.54, 1.807) is 49.1 Å². The second kappa shape index (κ2) is 12.3. The van der Waals surface area contributed by atoms with Crippen LogP contribution in [0, 0.1) is 22.7 Å². The van der Waals surface area contributed by atoms with Crippen molar-refractivity contribution in [3.8, 4) is 12.1 Å². The lowest BCUT2D eigenvalue weighted by atomic mass is 10.3. The molecule has 2 N–H and O–H groups in total. The Balaban J connectivity index is 0.000000296. The highest BCUT2D eigenvalue weighted by atomic mass is 16.6. The first-order valence-electron chi connectivity index (χ1n) is 5.63. The molecule has 0 unspecified atom stereocenters. The molecule has 2 aromatic heterocycles. The predicted octanol–water partition coefficient (Wildman–Crippen LogP) is 0.509. The molecule has 0 amide bonds. The van der Waals surface area contributed by atoms with Gasteiger partial charge in [0.2, 0.25) is 0 Å². The van der Waals surface area contributed by atoms with Crippen LogP contribution in [-0.2, 0) is 4.65 Å². The number of nitrogens with zero attached hydrogens (tertiary/aromatic N) is 4. The van der Waals surface area contributed by atoms with Crippen molar-refractivity contribution in [3.05, 3.63) is 60.2 Å². The van der Waals surface area contributed by atoms with Gasteiger partial charge in [-0.3, -0.25) is 9.97 Å². The molecular weight excluding hydrogens is 271 g/mol. The zero-order valence-electron chi connectivity index (χ0n) is 11.3. The van der Waals surface area contributed by atoms with E-state index in [0.717, 1.165) is 0 Å². The quantitative estimate of drug-likeness (QED) is 0.731. The first-order valence-corrected chi connectivity index (χ1v) is 5.63. The zero-order chi connectivity index (χ0) is 15.9. The lowest BCUT2D eigenvalue weighted by Crippen LogP contribution is -2.12. The van der Waals surface area contributed by atoms with Crippen LogP contribution in [-0.4, -0.2) is 34.4 Å². The van der Waals surface area contributed by atoms with Gasteiger partial charge >= 0.3 is 7.32 Å². The van der Waals surface area contributed by atoms with Gasteiger partial charge in [-0.2, -0.15) is 10.5 Å². The fourth-order valence-electron chi connectivity index (χ4n) is 0.853. The van der Waals surface area contributed by atoms with Crippen molar-refractivity contribution in [2.75, 3.05) is 7.11 Å². The second-order valence-electron chi connectivity index (χ2n) is 3.26. The third kappa shape index (κ3) is 10.8. The molecule has 0 saturated carbocycles. The van der Waals surface area contributed by atoms with Crippen molar-refractivity contribution >= 4 is 7.32 Å². The van der Waals surface area contributed by atoms with E-state index in [4.69, 9.17) is 20.6 Å². The maximum Gasteiger partial charge on any atom is 0.633 e. The largest absolute Gasteiger partial charge is 0.633 e. The lowest BCUT2D eigenvalue weighted by Gasteiger charge is -1.84. The van der Waals surface area contributed by atoms with E-state index in [-0.39, 0.29) is 0 Å². The Bertz CT molecular complexity index is 518. The summed E-state index contributed by atoms with van der Waals surface area (Å²) in [4.78, 5) is 7.48. The van der Waals surface area contributed by atoms with Crippen molar-refractivity contribution in [2.24, 2.45) is 0 Å². The minimum atomic E-state index is -1.62. The molecule has 7 nitrogen and oxygen atoms in total. The van der Waals surface area contributed by atoms with Crippen molar-refractivity contribution in [3.63, 3.8) is 0 Å². The predicted molar refractivity (Wildman–Crippen MR) is 75.1 cm³/mol. The Morgan fingerprint density at radius 2 is 1.19 bits per heavy atom. The van der Waals surface area contributed by atoms with E-state index in [1.165, 1.54) is 7.11 Å². The van der Waals surface area contributed by atoms with E-state index in [1.807, 2.05) is 12.1 Å². The zero-order valence-corrected chi connectivity index (χ0v) is 11.3. The summed E-state index contributed by atoms with van der Waals surface area (Å²) in [5, 5.41) is 31.9. The van der Waals surface area contributed by atoms with Crippen LogP contribution in [0.5, 0.6) is 0 Å². The number of hydrogen-bond donors (Lipinski definition) is 2. The Labute approximate surface area is 122 Å². The Kier molecular flexibility index (Phi) is 10.6. The number of nitriles is 2. The van der Waals surface area contributed by atoms with E-state index in [9.17, 15) is 0 Å². The molecule has 0 atom stereocenters. The van der Waals surface area contributed by atoms with Crippen LogP contribution in [0.1, 0.15) is 11.1 Å². The molecule has 2 heterocycles. The van der Waals surface area contributed by atoms with Crippen LogP contribution in [0.2, 0.25) is 0 Å². The molecule has 106 valence electrons. The fraction of sp³-hybridized carbons (Fsp3) is 0.0769. The van der Waals surface area contributed by atoms with Crippen LogP contribution in [0.15, 0.2) is 49.1 Å². The second-order valence-corrected chi connectivity index (χ2v) is 3.26. The minimum absolute atomic E-state index is 0.653. The summed E-state index contributed by atoms with van der Waals surface area (Å²) in [5.41, 5.74) is 1.31. The topological polar surface area (TPSA) is 123 Å². The van der Waals surface area contributed by atoms with Gasteiger partial charge < -0.3 is 14.7 Å². The summed E-state index contributed by atoms with van der Waals surface area (Å²) >= 11 is 0. The summed E-state index contributed by atoms with van der Waals surface area (Å²) in [7, 11) is -0.417. The van der Waals surface area contributed by atoms with Crippen molar-refractivity contribution in [2.45, 2.75) is 0 Å². The Morgan fingerprint density at radius 1 is 0.905 bits per heavy atom. The molecule has 8 heteroatoms. The Morgan fingerprint density at radius 3 is 1.33 bits per heavy atom. The molecule has 0 fully saturated rings. The highest BCUT2D eigenvalue weighted by Crippen LogP contribution is 1.90. The summed E-state index contributed by atoms with van der Waals surface area (Å²) in [6.07, 6.45) is 6.38. The fourth-order valence-corrected chi connectivity index (χ4v) is 0.853. The van der Waals surface area contributed by atoms with Gasteiger partial charge in [0.25, 0.3) is 0 Å². The molecule has 2 rings (SSSR count). The van der Waals surface area contributed by atoms with Gasteiger partial charge in [0.15, 0.2) is 0 Å². The van der Waals surface area contributed by atoms with Gasteiger partial charge in [-0.25, -0.2) is 0 Å². The summed E-state index contributed by atoms with van der Waals surface area (Å²) in [6, 6.07) is 10.6. The maximum absolute atomic E-state index is 8.26. The monoisotopic (exact) mass is 284 g/mol. The van der Waals surface area contributed by atoms with Gasteiger partial charge in [-0.1, -0.05) is 0 Å². The first-order chi connectivity index (χ1) is 10.1. The lowest BCUT2D eigenvalue weighted by molar-refractivity contribution is 0.229. The number of rotatable bonds is 1. The van der Waals surface area contributed by atoms with Gasteiger partial charge in [-0.05, 0) is 24.3 Å². The maximum atomic E-state index is 8.26. The summed E-state index contributed by atoms with van der Waals surface area (Å²) < 4.78 is 3.86. The highest BCUT2D eigenvalue weighted by Gasteiger charge is 2.00. The van der Waals surface area contributed by atoms with Crippen LogP contribution in [0.25, 0.3) is 0 Å². The normalized spacial score (nSPS) is 7.86. The van der Waals surface area contributed by atoms with Gasteiger partial charge in [-0.15, -0.1) is 0 Å². The van der Waals surface area contributed by atoms with Gasteiger partial charge in [0.05, 0.1) is 23.3 Å². The molecule has 0 aromatic carbocycles. The minimum Gasteiger partial charge on any atom is -0.402 e. The van der Waals surface area contributed by atoms with E-state index < -0.39 is 7.32 Å². The van der Waals surface area contributed by atoms with Crippen LogP contribution in [0.3, 0.4) is 0 Å². The molecule has 0 aliphatic rings. The third-order valence-electron chi connectivity index (χ3n) is 1.83. The molecule has 2 aromatic rings. The number of pyridine rings is 2. The van der Waals surface area contributed by atoms with E-state index in [2.05, 4.69) is 14.6 Å². The average molecular weight is 284 g/mol. The standard InChI is InChI=1S/2C6H4N2.CH5BO3/c2*7-5-6-1-3-8-4-2-6;1-5-2(3)4/h2*1-4H;3-4H,1H3.